The molecular weight excluding hydrogens is 253 g/mol. The first-order valence-electron chi connectivity index (χ1n) is 6.51. The minimum absolute atomic E-state index is 0.219. The summed E-state index contributed by atoms with van der Waals surface area (Å²) in [4.78, 5) is 4.03. The number of hydrogen-bond donors (Lipinski definition) is 1. The molecule has 1 aromatic heterocycles. The normalized spacial score (nSPS) is 11.8. The summed E-state index contributed by atoms with van der Waals surface area (Å²) in [7, 11) is 0. The average molecular weight is 269 g/mol. The largest absolute Gasteiger partial charge is 0.310 e. The highest BCUT2D eigenvalue weighted by Crippen LogP contribution is 2.08. The van der Waals surface area contributed by atoms with Gasteiger partial charge >= 0.3 is 0 Å². The Morgan fingerprint density at radius 2 is 2.05 bits per heavy atom. The fraction of sp³-hybridized carbons (Fsp3) is 0.250. The number of hydrogen-bond acceptors (Lipinski definition) is 3. The Bertz CT molecular complexity index is 602. The molecule has 1 aromatic carbocycles. The van der Waals surface area contributed by atoms with E-state index in [-0.39, 0.29) is 11.9 Å². The van der Waals surface area contributed by atoms with Gasteiger partial charge in [0.1, 0.15) is 17.6 Å². The summed E-state index contributed by atoms with van der Waals surface area (Å²) in [6.45, 7) is 2.66. The predicted octanol–water partition coefficient (Wildman–Crippen LogP) is 2.81. The van der Waals surface area contributed by atoms with Gasteiger partial charge < -0.3 is 5.32 Å². The third kappa shape index (κ3) is 3.87. The van der Waals surface area contributed by atoms with Crippen molar-refractivity contribution in [1.29, 1.82) is 5.26 Å². The molecule has 0 bridgehead atoms. The van der Waals surface area contributed by atoms with E-state index in [0.29, 0.717) is 12.2 Å². The molecule has 0 radical (unpaired) electrons. The molecule has 0 spiro atoms. The summed E-state index contributed by atoms with van der Waals surface area (Å²) in [5.74, 6) is -0.219. The van der Waals surface area contributed by atoms with Gasteiger partial charge in [0.25, 0.3) is 0 Å². The van der Waals surface area contributed by atoms with Gasteiger partial charge in [-0.2, -0.15) is 5.26 Å². The van der Waals surface area contributed by atoms with E-state index in [2.05, 4.69) is 23.3 Å². The van der Waals surface area contributed by atoms with Gasteiger partial charge in [-0.25, -0.2) is 9.37 Å². The lowest BCUT2D eigenvalue weighted by molar-refractivity contribution is 0.543. The van der Waals surface area contributed by atoms with E-state index in [1.807, 2.05) is 12.1 Å². The summed E-state index contributed by atoms with van der Waals surface area (Å²) in [6.07, 6.45) is 2.42. The van der Waals surface area contributed by atoms with Crippen molar-refractivity contribution in [3.8, 4) is 6.07 Å². The molecule has 1 atom stereocenters. The molecule has 0 saturated heterocycles. The lowest BCUT2D eigenvalue weighted by atomic mass is 10.1. The van der Waals surface area contributed by atoms with Gasteiger partial charge in [-0.1, -0.05) is 18.2 Å². The van der Waals surface area contributed by atoms with Gasteiger partial charge in [-0.05, 0) is 37.1 Å². The van der Waals surface area contributed by atoms with Gasteiger partial charge in [-0.15, -0.1) is 0 Å². The molecule has 0 aliphatic carbocycles. The van der Waals surface area contributed by atoms with Gasteiger partial charge in [0.15, 0.2) is 0 Å². The van der Waals surface area contributed by atoms with Crippen LogP contribution in [0.15, 0.2) is 42.6 Å². The van der Waals surface area contributed by atoms with Crippen LogP contribution in [0.5, 0.6) is 0 Å². The summed E-state index contributed by atoms with van der Waals surface area (Å²) in [5, 5.41) is 12.3. The molecule has 3 nitrogen and oxygen atoms in total. The van der Waals surface area contributed by atoms with Crippen LogP contribution in [0.2, 0.25) is 0 Å². The van der Waals surface area contributed by atoms with E-state index in [4.69, 9.17) is 5.26 Å². The van der Waals surface area contributed by atoms with Crippen molar-refractivity contribution in [2.75, 3.05) is 0 Å². The lowest BCUT2D eigenvalue weighted by Crippen LogP contribution is -2.28. The SMILES string of the molecule is CC(Cc1ccc(F)cc1)NCc1cccnc1C#N. The zero-order valence-electron chi connectivity index (χ0n) is 11.3. The van der Waals surface area contributed by atoms with Crippen molar-refractivity contribution >= 4 is 0 Å². The summed E-state index contributed by atoms with van der Waals surface area (Å²) in [5.41, 5.74) is 2.42. The van der Waals surface area contributed by atoms with E-state index < -0.39 is 0 Å². The van der Waals surface area contributed by atoms with Crippen molar-refractivity contribution in [1.82, 2.24) is 10.3 Å². The van der Waals surface area contributed by atoms with Gasteiger partial charge in [-0.3, -0.25) is 0 Å². The van der Waals surface area contributed by atoms with E-state index in [1.54, 1.807) is 18.3 Å². The first kappa shape index (κ1) is 14.2. The highest BCUT2D eigenvalue weighted by Gasteiger charge is 2.06. The number of halogens is 1. The second-order valence-corrected chi connectivity index (χ2v) is 4.74. The number of nitrogens with one attached hydrogen (secondary N) is 1. The lowest BCUT2D eigenvalue weighted by Gasteiger charge is -2.14. The summed E-state index contributed by atoms with van der Waals surface area (Å²) < 4.78 is 12.8. The summed E-state index contributed by atoms with van der Waals surface area (Å²) >= 11 is 0. The number of nitrogens with zero attached hydrogens (tertiary/aromatic N) is 2. The average Bonchev–Trinajstić information content (AvgIpc) is 2.48. The van der Waals surface area contributed by atoms with Gasteiger partial charge in [0.05, 0.1) is 0 Å². The first-order chi connectivity index (χ1) is 9.69. The monoisotopic (exact) mass is 269 g/mol. The number of rotatable bonds is 5. The third-order valence-electron chi connectivity index (χ3n) is 3.09. The number of nitriles is 1. The standard InChI is InChI=1S/C16H16FN3/c1-12(9-13-4-6-15(17)7-5-13)20-11-14-3-2-8-19-16(14)10-18/h2-8,12,20H,9,11H2,1H3. The Morgan fingerprint density at radius 1 is 1.30 bits per heavy atom. The topological polar surface area (TPSA) is 48.7 Å². The maximum atomic E-state index is 12.8. The highest BCUT2D eigenvalue weighted by molar-refractivity contribution is 5.30. The maximum Gasteiger partial charge on any atom is 0.144 e. The Kier molecular flexibility index (Phi) is 4.80. The zero-order valence-corrected chi connectivity index (χ0v) is 11.3. The van der Waals surface area contributed by atoms with Crippen LogP contribution >= 0.6 is 0 Å². The fourth-order valence-electron chi connectivity index (χ4n) is 2.01. The summed E-state index contributed by atoms with van der Waals surface area (Å²) in [6, 6.07) is 12.5. The maximum absolute atomic E-state index is 12.8. The van der Waals surface area contributed by atoms with Crippen LogP contribution in [0.3, 0.4) is 0 Å². The van der Waals surface area contributed by atoms with E-state index in [9.17, 15) is 4.39 Å². The molecule has 1 unspecified atom stereocenters. The number of aromatic nitrogens is 1. The molecule has 0 aliphatic rings. The quantitative estimate of drug-likeness (QED) is 0.908. The molecule has 4 heteroatoms. The van der Waals surface area contributed by atoms with Gasteiger partial charge in [0.2, 0.25) is 0 Å². The van der Waals surface area contributed by atoms with Crippen molar-refractivity contribution in [2.45, 2.75) is 25.9 Å². The van der Waals surface area contributed by atoms with Crippen molar-refractivity contribution in [3.63, 3.8) is 0 Å². The number of benzene rings is 1. The molecule has 0 aliphatic heterocycles. The predicted molar refractivity (Wildman–Crippen MR) is 75.4 cm³/mol. The second-order valence-electron chi connectivity index (χ2n) is 4.74. The Balaban J connectivity index is 1.90. The molecule has 0 saturated carbocycles. The van der Waals surface area contributed by atoms with E-state index in [1.165, 1.54) is 12.1 Å². The molecule has 0 amide bonds. The molecular formula is C16H16FN3. The Labute approximate surface area is 118 Å². The molecule has 2 rings (SSSR count). The number of pyridine rings is 1. The molecule has 2 aromatic rings. The Morgan fingerprint density at radius 3 is 2.75 bits per heavy atom. The fourth-order valence-corrected chi connectivity index (χ4v) is 2.01. The Hall–Kier alpha value is -2.25. The molecule has 102 valence electrons. The van der Waals surface area contributed by atoms with Crippen molar-refractivity contribution in [2.24, 2.45) is 0 Å². The first-order valence-corrected chi connectivity index (χ1v) is 6.51. The molecule has 20 heavy (non-hydrogen) atoms. The van der Waals surface area contributed by atoms with Crippen LogP contribution in [-0.4, -0.2) is 11.0 Å². The highest BCUT2D eigenvalue weighted by atomic mass is 19.1. The van der Waals surface area contributed by atoms with E-state index >= 15 is 0 Å². The van der Waals surface area contributed by atoms with Crippen LogP contribution in [-0.2, 0) is 13.0 Å². The van der Waals surface area contributed by atoms with Crippen molar-refractivity contribution < 1.29 is 4.39 Å². The van der Waals surface area contributed by atoms with Crippen LogP contribution in [0.1, 0.15) is 23.7 Å². The molecule has 0 fully saturated rings. The van der Waals surface area contributed by atoms with Crippen LogP contribution < -0.4 is 5.32 Å². The molecule has 1 heterocycles. The van der Waals surface area contributed by atoms with Crippen LogP contribution in [0, 0.1) is 17.1 Å². The second kappa shape index (κ2) is 6.78. The smallest absolute Gasteiger partial charge is 0.144 e. The zero-order chi connectivity index (χ0) is 14.4. The van der Waals surface area contributed by atoms with Crippen LogP contribution in [0.25, 0.3) is 0 Å². The van der Waals surface area contributed by atoms with Crippen molar-refractivity contribution in [3.05, 3.63) is 65.2 Å². The third-order valence-corrected chi connectivity index (χ3v) is 3.09. The van der Waals surface area contributed by atoms with Gasteiger partial charge in [0, 0.05) is 24.3 Å². The minimum atomic E-state index is -0.219. The van der Waals surface area contributed by atoms with Crippen LogP contribution in [0.4, 0.5) is 4.39 Å². The molecule has 1 N–H and O–H groups in total. The van der Waals surface area contributed by atoms with E-state index in [0.717, 1.165) is 17.5 Å². The minimum Gasteiger partial charge on any atom is -0.310 e.